The van der Waals surface area contributed by atoms with E-state index in [-0.39, 0.29) is 0 Å². The molecule has 0 saturated heterocycles. The van der Waals surface area contributed by atoms with E-state index in [1.54, 1.807) is 0 Å². The van der Waals surface area contributed by atoms with Gasteiger partial charge in [-0.3, -0.25) is 0 Å². The van der Waals surface area contributed by atoms with Gasteiger partial charge < -0.3 is 0 Å². The van der Waals surface area contributed by atoms with Crippen LogP contribution in [0.1, 0.15) is 11.4 Å². The molecule has 0 aliphatic rings. The molecule has 1 rings (SSSR count). The van der Waals surface area contributed by atoms with E-state index in [4.69, 9.17) is 0 Å². The minimum atomic E-state index is 0.865. The minimum absolute atomic E-state index is 0.865. The molecule has 0 saturated carbocycles. The van der Waals surface area contributed by atoms with Gasteiger partial charge in [0.2, 0.25) is 6.33 Å². The molecule has 0 aliphatic carbocycles. The maximum Gasteiger partial charge on any atom is 0.221 e. The molecule has 0 fully saturated rings. The summed E-state index contributed by atoms with van der Waals surface area (Å²) in [7, 11) is 0. The molecule has 0 aromatic carbocycles. The smallest absolute Gasteiger partial charge is 0.221 e. The Morgan fingerprint density at radius 1 is 1.25 bits per heavy atom. The highest BCUT2D eigenvalue weighted by molar-refractivity contribution is 5.01. The number of nitrogens with zero attached hydrogens (tertiary/aromatic N) is 3. The first-order chi connectivity index (χ1) is 3.80. The molecule has 0 spiro atoms. The fraction of sp³-hybridized carbons (Fsp3) is 0.400. The lowest BCUT2D eigenvalue weighted by atomic mass is 10.4. The summed E-state index contributed by atoms with van der Waals surface area (Å²) in [5.74, 6) is 0. The number of aryl methyl sites for hydroxylation is 2. The average molecular weight is 108 g/mol. The van der Waals surface area contributed by atoms with Crippen LogP contribution in [0.15, 0.2) is 0 Å². The Bertz CT molecular complexity index is 164. The molecule has 0 bridgehead atoms. The molecule has 0 amide bonds. The van der Waals surface area contributed by atoms with Crippen LogP contribution < -0.4 is 0 Å². The third-order valence-electron chi connectivity index (χ3n) is 0.986. The van der Waals surface area contributed by atoms with Crippen LogP contribution in [-0.2, 0) is 0 Å². The Balaban J connectivity index is 3.13. The van der Waals surface area contributed by atoms with Gasteiger partial charge in [-0.15, -0.1) is 5.10 Å². The summed E-state index contributed by atoms with van der Waals surface area (Å²) < 4.78 is 0. The average Bonchev–Trinajstić information content (AvgIpc) is 1.77. The molecule has 0 unspecified atom stereocenters. The van der Waals surface area contributed by atoms with Crippen molar-refractivity contribution in [1.82, 2.24) is 15.2 Å². The van der Waals surface area contributed by atoms with Crippen molar-refractivity contribution in [2.75, 3.05) is 0 Å². The molecule has 1 radical (unpaired) electrons. The van der Waals surface area contributed by atoms with Crippen molar-refractivity contribution in [3.05, 3.63) is 17.7 Å². The van der Waals surface area contributed by atoms with E-state index >= 15 is 0 Å². The second-order valence-electron chi connectivity index (χ2n) is 1.58. The van der Waals surface area contributed by atoms with Gasteiger partial charge in [0.15, 0.2) is 0 Å². The fourth-order valence-electron chi connectivity index (χ4n) is 0.348. The van der Waals surface area contributed by atoms with Gasteiger partial charge >= 0.3 is 0 Å². The van der Waals surface area contributed by atoms with Crippen molar-refractivity contribution < 1.29 is 0 Å². The first kappa shape index (κ1) is 5.15. The predicted octanol–water partition coefficient (Wildman–Crippen LogP) is 0.289. The van der Waals surface area contributed by atoms with Crippen molar-refractivity contribution in [1.29, 1.82) is 0 Å². The van der Waals surface area contributed by atoms with Crippen LogP contribution >= 0.6 is 0 Å². The highest BCUT2D eigenvalue weighted by Gasteiger charge is 1.89. The molecule has 1 aromatic rings. The normalized spacial score (nSPS) is 9.25. The highest BCUT2D eigenvalue weighted by atomic mass is 15.1. The van der Waals surface area contributed by atoms with Crippen LogP contribution in [0.4, 0.5) is 0 Å². The van der Waals surface area contributed by atoms with Crippen LogP contribution in [0.3, 0.4) is 0 Å². The number of rotatable bonds is 0. The Hall–Kier alpha value is -0.990. The second-order valence-corrected chi connectivity index (χ2v) is 1.58. The maximum atomic E-state index is 3.78. The third-order valence-corrected chi connectivity index (χ3v) is 0.986. The largest absolute Gasteiger partial charge is 0.227 e. The zero-order chi connectivity index (χ0) is 5.98. The van der Waals surface area contributed by atoms with Gasteiger partial charge in [-0.25, -0.2) is 4.98 Å². The topological polar surface area (TPSA) is 38.7 Å². The quantitative estimate of drug-likeness (QED) is 0.479. The van der Waals surface area contributed by atoms with E-state index in [1.807, 2.05) is 13.8 Å². The lowest BCUT2D eigenvalue weighted by Crippen LogP contribution is -1.92. The molecule has 8 heavy (non-hydrogen) atoms. The van der Waals surface area contributed by atoms with Crippen LogP contribution in [0, 0.1) is 20.2 Å². The maximum absolute atomic E-state index is 3.78. The van der Waals surface area contributed by atoms with Crippen LogP contribution in [0.2, 0.25) is 0 Å². The molecular weight excluding hydrogens is 102 g/mol. The minimum Gasteiger partial charge on any atom is -0.227 e. The van der Waals surface area contributed by atoms with Gasteiger partial charge in [0.05, 0.1) is 11.4 Å². The highest BCUT2D eigenvalue weighted by Crippen LogP contribution is 1.91. The van der Waals surface area contributed by atoms with Gasteiger partial charge in [0, 0.05) is 0 Å². The first-order valence-corrected chi connectivity index (χ1v) is 2.34. The number of aromatic nitrogens is 3. The molecular formula is C5H6N3. The SMILES string of the molecule is Cc1n[c]nnc1C. The molecule has 1 aromatic heterocycles. The predicted molar refractivity (Wildman–Crippen MR) is 28.1 cm³/mol. The number of hydrogen-bond acceptors (Lipinski definition) is 3. The summed E-state index contributed by atoms with van der Waals surface area (Å²) >= 11 is 0. The first-order valence-electron chi connectivity index (χ1n) is 2.34. The van der Waals surface area contributed by atoms with Crippen molar-refractivity contribution in [2.45, 2.75) is 13.8 Å². The Labute approximate surface area is 47.8 Å². The second kappa shape index (κ2) is 1.86. The van der Waals surface area contributed by atoms with Gasteiger partial charge in [0.25, 0.3) is 0 Å². The number of hydrogen-bond donors (Lipinski definition) is 0. The van der Waals surface area contributed by atoms with Crippen LogP contribution in [-0.4, -0.2) is 15.2 Å². The van der Waals surface area contributed by atoms with Crippen molar-refractivity contribution in [3.63, 3.8) is 0 Å². The van der Waals surface area contributed by atoms with E-state index in [0.29, 0.717) is 0 Å². The summed E-state index contributed by atoms with van der Waals surface area (Å²) in [5.41, 5.74) is 1.75. The molecule has 3 heteroatoms. The summed E-state index contributed by atoms with van der Waals surface area (Å²) in [6.07, 6.45) is 2.39. The monoisotopic (exact) mass is 108 g/mol. The Morgan fingerprint density at radius 3 is 2.38 bits per heavy atom. The molecule has 3 nitrogen and oxygen atoms in total. The van der Waals surface area contributed by atoms with Gasteiger partial charge in [-0.05, 0) is 13.8 Å². The summed E-state index contributed by atoms with van der Waals surface area (Å²) in [4.78, 5) is 3.78. The van der Waals surface area contributed by atoms with Gasteiger partial charge in [-0.2, -0.15) is 5.10 Å². The summed E-state index contributed by atoms with van der Waals surface area (Å²) in [5, 5.41) is 7.17. The molecule has 1 heterocycles. The molecule has 0 aliphatic heterocycles. The zero-order valence-electron chi connectivity index (χ0n) is 4.84. The lowest BCUT2D eigenvalue weighted by Gasteiger charge is -1.89. The molecule has 0 N–H and O–H groups in total. The van der Waals surface area contributed by atoms with Crippen LogP contribution in [0.5, 0.6) is 0 Å². The summed E-state index contributed by atoms with van der Waals surface area (Å²) in [6.45, 7) is 3.74. The van der Waals surface area contributed by atoms with Crippen molar-refractivity contribution in [3.8, 4) is 0 Å². The van der Waals surface area contributed by atoms with Gasteiger partial charge in [0.1, 0.15) is 0 Å². The van der Waals surface area contributed by atoms with E-state index in [1.165, 1.54) is 0 Å². The summed E-state index contributed by atoms with van der Waals surface area (Å²) in [6, 6.07) is 0. The Morgan fingerprint density at radius 2 is 2.00 bits per heavy atom. The van der Waals surface area contributed by atoms with E-state index in [0.717, 1.165) is 11.4 Å². The Kier molecular flexibility index (Phi) is 1.20. The van der Waals surface area contributed by atoms with Crippen LogP contribution in [0.25, 0.3) is 0 Å². The third kappa shape index (κ3) is 0.804. The molecule has 41 valence electrons. The zero-order valence-corrected chi connectivity index (χ0v) is 4.84. The molecule has 0 atom stereocenters. The van der Waals surface area contributed by atoms with Crippen molar-refractivity contribution in [2.24, 2.45) is 0 Å². The van der Waals surface area contributed by atoms with Crippen molar-refractivity contribution >= 4 is 0 Å². The van der Waals surface area contributed by atoms with E-state index in [9.17, 15) is 0 Å². The standard InChI is InChI=1S/C5H6N3/c1-4-5(2)8-7-3-6-4/h1-2H3. The van der Waals surface area contributed by atoms with E-state index < -0.39 is 0 Å². The fourth-order valence-corrected chi connectivity index (χ4v) is 0.348. The van der Waals surface area contributed by atoms with E-state index in [2.05, 4.69) is 21.5 Å². The lowest BCUT2D eigenvalue weighted by molar-refractivity contribution is 0.885. The van der Waals surface area contributed by atoms with Gasteiger partial charge in [-0.1, -0.05) is 0 Å².